The minimum Gasteiger partial charge on any atom is -0.465 e. The highest BCUT2D eigenvalue weighted by molar-refractivity contribution is 7.98. The summed E-state index contributed by atoms with van der Waals surface area (Å²) in [5, 5.41) is 11.8. The Hall–Kier alpha value is -1.83. The molecule has 7 nitrogen and oxygen atoms in total. The van der Waals surface area contributed by atoms with E-state index in [4.69, 9.17) is 5.11 Å². The van der Waals surface area contributed by atoms with Crippen LogP contribution in [0.5, 0.6) is 0 Å². The minimum absolute atomic E-state index is 0.00511. The zero-order valence-corrected chi connectivity index (χ0v) is 13.5. The zero-order chi connectivity index (χ0) is 16.1. The molecule has 2 amide bonds. The number of carboxylic acid groups (broad SMARTS) is 1. The molecule has 0 unspecified atom stereocenters. The van der Waals surface area contributed by atoms with Gasteiger partial charge in [0.15, 0.2) is 5.16 Å². The third kappa shape index (κ3) is 2.22. The predicted octanol–water partition coefficient (Wildman–Crippen LogP) is 1.62. The van der Waals surface area contributed by atoms with Crippen molar-refractivity contribution in [2.45, 2.75) is 49.3 Å². The van der Waals surface area contributed by atoms with Crippen molar-refractivity contribution in [1.29, 1.82) is 0 Å². The number of carbonyl (C=O) groups is 2. The number of amides is 2. The highest BCUT2D eigenvalue weighted by Gasteiger charge is 2.50. The maximum Gasteiger partial charge on any atom is 0.404 e. The van der Waals surface area contributed by atoms with Crippen molar-refractivity contribution < 1.29 is 14.7 Å². The Morgan fingerprint density at radius 1 is 1.50 bits per heavy atom. The molecule has 1 aliphatic heterocycles. The van der Waals surface area contributed by atoms with Crippen LogP contribution in [0.4, 0.5) is 10.6 Å². The Labute approximate surface area is 132 Å². The molecule has 1 fully saturated rings. The van der Waals surface area contributed by atoms with Gasteiger partial charge in [0.1, 0.15) is 5.82 Å². The summed E-state index contributed by atoms with van der Waals surface area (Å²) in [5.74, 6) is 0.682. The normalized spacial score (nSPS) is 25.6. The van der Waals surface area contributed by atoms with Gasteiger partial charge in [0.05, 0.1) is 5.41 Å². The molecule has 0 saturated heterocycles. The maximum atomic E-state index is 12.8. The molecule has 1 aliphatic carbocycles. The monoisotopic (exact) mass is 322 g/mol. The van der Waals surface area contributed by atoms with Crippen LogP contribution in [0.1, 0.15) is 32.3 Å². The lowest BCUT2D eigenvalue weighted by molar-refractivity contribution is -0.123. The SMILES string of the molecule is CSc1ncc2c(n1)N([C@H]1C[C@H](NC(=O)O)C1)C(=O)C2(C)C. The molecule has 0 bridgehead atoms. The minimum atomic E-state index is -1.02. The van der Waals surface area contributed by atoms with Crippen LogP contribution in [0, 0.1) is 0 Å². The predicted molar refractivity (Wildman–Crippen MR) is 82.3 cm³/mol. The first-order valence-electron chi connectivity index (χ1n) is 7.09. The van der Waals surface area contributed by atoms with Gasteiger partial charge < -0.3 is 10.4 Å². The van der Waals surface area contributed by atoms with Crippen molar-refractivity contribution in [3.8, 4) is 0 Å². The molecule has 118 valence electrons. The number of aromatic nitrogens is 2. The number of anilines is 1. The second kappa shape index (κ2) is 5.12. The van der Waals surface area contributed by atoms with Gasteiger partial charge in [-0.2, -0.15) is 0 Å². The van der Waals surface area contributed by atoms with Gasteiger partial charge in [-0.25, -0.2) is 14.8 Å². The quantitative estimate of drug-likeness (QED) is 0.648. The van der Waals surface area contributed by atoms with Crippen molar-refractivity contribution in [2.24, 2.45) is 0 Å². The standard InChI is InChI=1S/C14H18N4O3S/c1-14(2)9-6-15-12(22-3)17-10(9)18(11(14)19)8-4-7(5-8)16-13(20)21/h6-8,16H,4-5H2,1-3H3,(H,20,21)/t7-,8-. The van der Waals surface area contributed by atoms with Crippen molar-refractivity contribution in [2.75, 3.05) is 11.2 Å². The molecule has 1 aromatic heterocycles. The fraction of sp³-hybridized carbons (Fsp3) is 0.571. The van der Waals surface area contributed by atoms with Crippen LogP contribution in [0.15, 0.2) is 11.4 Å². The second-order valence-electron chi connectivity index (χ2n) is 6.17. The molecular weight excluding hydrogens is 304 g/mol. The third-order valence-corrected chi connectivity index (χ3v) is 4.95. The zero-order valence-electron chi connectivity index (χ0n) is 12.7. The van der Waals surface area contributed by atoms with Crippen LogP contribution in [-0.2, 0) is 10.2 Å². The van der Waals surface area contributed by atoms with E-state index in [9.17, 15) is 9.59 Å². The summed E-state index contributed by atoms with van der Waals surface area (Å²) in [7, 11) is 0. The molecule has 1 aromatic rings. The molecular formula is C14H18N4O3S. The van der Waals surface area contributed by atoms with Crippen molar-refractivity contribution in [3.05, 3.63) is 11.8 Å². The summed E-state index contributed by atoms with van der Waals surface area (Å²) in [6, 6.07) is -0.0983. The average Bonchev–Trinajstić information content (AvgIpc) is 2.61. The first kappa shape index (κ1) is 15.1. The number of nitrogens with zero attached hydrogens (tertiary/aromatic N) is 3. The molecule has 2 heterocycles. The maximum absolute atomic E-state index is 12.8. The largest absolute Gasteiger partial charge is 0.465 e. The van der Waals surface area contributed by atoms with Gasteiger partial charge in [-0.15, -0.1) is 0 Å². The lowest BCUT2D eigenvalue weighted by Crippen LogP contribution is -2.56. The molecule has 3 rings (SSSR count). The van der Waals surface area contributed by atoms with Gasteiger partial charge in [0.2, 0.25) is 5.91 Å². The van der Waals surface area contributed by atoms with Crippen LogP contribution in [0.3, 0.4) is 0 Å². The van der Waals surface area contributed by atoms with E-state index in [2.05, 4.69) is 15.3 Å². The van der Waals surface area contributed by atoms with Crippen LogP contribution in [-0.4, -0.2) is 45.4 Å². The summed E-state index contributed by atoms with van der Waals surface area (Å²) in [6.07, 6.45) is 3.84. The molecule has 2 aliphatic rings. The summed E-state index contributed by atoms with van der Waals surface area (Å²) < 4.78 is 0. The smallest absolute Gasteiger partial charge is 0.404 e. The topological polar surface area (TPSA) is 95.4 Å². The number of hydrogen-bond acceptors (Lipinski definition) is 5. The molecule has 1 saturated carbocycles. The highest BCUT2D eigenvalue weighted by atomic mass is 32.2. The summed E-state index contributed by atoms with van der Waals surface area (Å²) in [5.41, 5.74) is 0.197. The van der Waals surface area contributed by atoms with Crippen LogP contribution in [0.2, 0.25) is 0 Å². The number of hydrogen-bond donors (Lipinski definition) is 2. The molecule has 0 atom stereocenters. The molecule has 0 radical (unpaired) electrons. The highest BCUT2D eigenvalue weighted by Crippen LogP contribution is 2.44. The van der Waals surface area contributed by atoms with Gasteiger partial charge in [0, 0.05) is 23.8 Å². The van der Waals surface area contributed by atoms with Crippen molar-refractivity contribution in [3.63, 3.8) is 0 Å². The Balaban J connectivity index is 1.88. The van der Waals surface area contributed by atoms with Crippen molar-refractivity contribution >= 4 is 29.6 Å². The van der Waals surface area contributed by atoms with E-state index in [-0.39, 0.29) is 18.0 Å². The van der Waals surface area contributed by atoms with E-state index in [1.165, 1.54) is 11.8 Å². The fourth-order valence-electron chi connectivity index (χ4n) is 3.02. The first-order valence-corrected chi connectivity index (χ1v) is 8.31. The van der Waals surface area contributed by atoms with E-state index in [0.717, 1.165) is 5.56 Å². The Kier molecular flexibility index (Phi) is 3.51. The van der Waals surface area contributed by atoms with Crippen LogP contribution in [0.25, 0.3) is 0 Å². The van der Waals surface area contributed by atoms with Gasteiger partial charge in [0.25, 0.3) is 0 Å². The summed E-state index contributed by atoms with van der Waals surface area (Å²) >= 11 is 1.43. The Morgan fingerprint density at radius 2 is 2.18 bits per heavy atom. The lowest BCUT2D eigenvalue weighted by Gasteiger charge is -2.41. The van der Waals surface area contributed by atoms with E-state index >= 15 is 0 Å². The molecule has 22 heavy (non-hydrogen) atoms. The number of thioether (sulfide) groups is 1. The summed E-state index contributed by atoms with van der Waals surface area (Å²) in [4.78, 5) is 33.9. The molecule has 0 spiro atoms. The molecule has 8 heteroatoms. The average molecular weight is 322 g/mol. The second-order valence-corrected chi connectivity index (χ2v) is 6.94. The third-order valence-electron chi connectivity index (χ3n) is 4.39. The first-order chi connectivity index (χ1) is 10.3. The Bertz CT molecular complexity index is 643. The fourth-order valence-corrected chi connectivity index (χ4v) is 3.36. The van der Waals surface area contributed by atoms with E-state index in [1.54, 1.807) is 11.1 Å². The van der Waals surface area contributed by atoms with Gasteiger partial charge in [-0.05, 0) is 32.9 Å². The number of nitrogens with one attached hydrogen (secondary N) is 1. The van der Waals surface area contributed by atoms with Crippen LogP contribution < -0.4 is 10.2 Å². The van der Waals surface area contributed by atoms with Gasteiger partial charge in [-0.3, -0.25) is 9.69 Å². The number of carbonyl (C=O) groups excluding carboxylic acids is 1. The summed E-state index contributed by atoms with van der Waals surface area (Å²) in [6.45, 7) is 3.75. The van der Waals surface area contributed by atoms with Gasteiger partial charge >= 0.3 is 6.09 Å². The number of rotatable bonds is 3. The van der Waals surface area contributed by atoms with E-state index in [0.29, 0.717) is 23.8 Å². The number of fused-ring (bicyclic) bond motifs is 1. The van der Waals surface area contributed by atoms with E-state index in [1.807, 2.05) is 20.1 Å². The van der Waals surface area contributed by atoms with Gasteiger partial charge in [-0.1, -0.05) is 11.8 Å². The molecule has 2 N–H and O–H groups in total. The molecule has 0 aromatic carbocycles. The van der Waals surface area contributed by atoms with E-state index < -0.39 is 11.5 Å². The van der Waals surface area contributed by atoms with Crippen molar-refractivity contribution in [1.82, 2.24) is 15.3 Å². The Morgan fingerprint density at radius 3 is 2.77 bits per heavy atom. The van der Waals surface area contributed by atoms with Crippen LogP contribution >= 0.6 is 11.8 Å². The lowest BCUT2D eigenvalue weighted by atomic mass is 9.84.